The van der Waals surface area contributed by atoms with Crippen molar-refractivity contribution in [2.75, 3.05) is 39.3 Å². The third kappa shape index (κ3) is 7.85. The van der Waals surface area contributed by atoms with Crippen LogP contribution in [0.4, 0.5) is 0 Å². The Balaban J connectivity index is 0.00000380. The molecule has 1 fully saturated rings. The van der Waals surface area contributed by atoms with Crippen molar-refractivity contribution in [2.45, 2.75) is 47.8 Å². The molecule has 9 heteroatoms. The van der Waals surface area contributed by atoms with Crippen molar-refractivity contribution in [1.82, 2.24) is 29.7 Å². The number of hydrogen-bond acceptors (Lipinski definition) is 9. The van der Waals surface area contributed by atoms with Gasteiger partial charge in [0.05, 0.1) is 17.1 Å². The average molecular weight is 509 g/mol. The van der Waals surface area contributed by atoms with Gasteiger partial charge in [0, 0.05) is 76.0 Å². The molecule has 0 atom stereocenters. The first-order valence-corrected chi connectivity index (χ1v) is 12.4. The van der Waals surface area contributed by atoms with Gasteiger partial charge in [-0.2, -0.15) is 0 Å². The van der Waals surface area contributed by atoms with Crippen molar-refractivity contribution >= 4 is 0 Å². The van der Waals surface area contributed by atoms with Crippen molar-refractivity contribution in [3.05, 3.63) is 70.6 Å². The van der Waals surface area contributed by atoms with Crippen LogP contribution in [0.3, 0.4) is 0 Å². The van der Waals surface area contributed by atoms with Crippen molar-refractivity contribution in [2.24, 2.45) is 0 Å². The topological polar surface area (TPSA) is 109 Å². The molecule has 200 valence electrons. The third-order valence-corrected chi connectivity index (χ3v) is 6.59. The molecule has 9 nitrogen and oxygen atoms in total. The Morgan fingerprint density at radius 2 is 0.757 bits per heavy atom. The molecular weight excluding hydrogens is 468 g/mol. The summed E-state index contributed by atoms with van der Waals surface area (Å²) in [5.74, 6) is 0.617. The number of hydrogen-bond donors (Lipinski definition) is 3. The number of aromatic hydroxyl groups is 3. The van der Waals surface area contributed by atoms with Crippen molar-refractivity contribution in [3.8, 4) is 17.2 Å². The van der Waals surface area contributed by atoms with E-state index in [2.05, 4.69) is 29.7 Å². The fourth-order valence-electron chi connectivity index (χ4n) is 4.45. The van der Waals surface area contributed by atoms with Gasteiger partial charge in [0.15, 0.2) is 0 Å². The van der Waals surface area contributed by atoms with Gasteiger partial charge in [-0.15, -0.1) is 0 Å². The van der Waals surface area contributed by atoms with E-state index in [1.165, 1.54) is 0 Å². The van der Waals surface area contributed by atoms with Crippen LogP contribution in [0.2, 0.25) is 0 Å². The molecule has 4 rings (SSSR count). The van der Waals surface area contributed by atoms with Crippen molar-refractivity contribution in [1.29, 1.82) is 0 Å². The summed E-state index contributed by atoms with van der Waals surface area (Å²) in [5.41, 5.74) is 4.63. The molecule has 0 radical (unpaired) electrons. The number of aromatic nitrogens is 3. The van der Waals surface area contributed by atoms with Crippen molar-refractivity contribution < 1.29 is 15.3 Å². The van der Waals surface area contributed by atoms with E-state index in [0.29, 0.717) is 36.7 Å². The standard InChI is InChI=1S/C27H36N6O3.CH4/c1-19-4-7-25(34)22(28-19)16-31-10-12-32(17-23-26(35)8-5-20(2)29-23)14-15-33(13-11-31)18-24-27(36)9-6-21(3)30-24;/h4-9,34-36H,10-18H2,1-3H3;1H4. The summed E-state index contributed by atoms with van der Waals surface area (Å²) in [4.78, 5) is 20.5. The van der Waals surface area contributed by atoms with E-state index in [4.69, 9.17) is 0 Å². The molecule has 0 saturated carbocycles. The van der Waals surface area contributed by atoms with Gasteiger partial charge in [0.25, 0.3) is 0 Å². The lowest BCUT2D eigenvalue weighted by Gasteiger charge is -2.25. The van der Waals surface area contributed by atoms with Gasteiger partial charge in [0.1, 0.15) is 17.2 Å². The Morgan fingerprint density at radius 1 is 0.514 bits per heavy atom. The van der Waals surface area contributed by atoms with Crippen LogP contribution in [-0.2, 0) is 19.6 Å². The fraction of sp³-hybridized carbons (Fsp3) is 0.464. The lowest BCUT2D eigenvalue weighted by atomic mass is 10.2. The highest BCUT2D eigenvalue weighted by molar-refractivity contribution is 5.29. The number of rotatable bonds is 6. The van der Waals surface area contributed by atoms with Gasteiger partial charge in [0.2, 0.25) is 0 Å². The molecule has 0 amide bonds. The Morgan fingerprint density at radius 3 is 1.00 bits per heavy atom. The summed E-state index contributed by atoms with van der Waals surface area (Å²) in [7, 11) is 0. The van der Waals surface area contributed by atoms with Gasteiger partial charge in [-0.1, -0.05) is 7.43 Å². The molecule has 3 aromatic rings. The van der Waals surface area contributed by atoms with Crippen LogP contribution < -0.4 is 0 Å². The molecule has 1 aliphatic rings. The molecule has 0 bridgehead atoms. The van der Waals surface area contributed by atoms with Crippen LogP contribution in [-0.4, -0.2) is 84.2 Å². The molecule has 4 heterocycles. The van der Waals surface area contributed by atoms with E-state index >= 15 is 0 Å². The fourth-order valence-corrected chi connectivity index (χ4v) is 4.45. The Bertz CT molecular complexity index is 1030. The third-order valence-electron chi connectivity index (χ3n) is 6.59. The zero-order valence-electron chi connectivity index (χ0n) is 21.4. The van der Waals surface area contributed by atoms with Gasteiger partial charge in [-0.25, -0.2) is 0 Å². The predicted octanol–water partition coefficient (Wildman–Crippen LogP) is 3.37. The van der Waals surface area contributed by atoms with Crippen LogP contribution in [0.25, 0.3) is 0 Å². The van der Waals surface area contributed by atoms with E-state index in [0.717, 1.165) is 56.4 Å². The van der Waals surface area contributed by atoms with Gasteiger partial charge in [-0.3, -0.25) is 29.7 Å². The van der Waals surface area contributed by atoms with Crippen LogP contribution in [0.15, 0.2) is 36.4 Å². The molecule has 3 N–H and O–H groups in total. The molecule has 37 heavy (non-hydrogen) atoms. The van der Waals surface area contributed by atoms with Crippen LogP contribution in [0.5, 0.6) is 17.2 Å². The number of nitrogens with zero attached hydrogens (tertiary/aromatic N) is 6. The Labute approximate surface area is 220 Å². The summed E-state index contributed by atoms with van der Waals surface area (Å²) in [6.45, 7) is 12.1. The number of pyridine rings is 3. The first kappa shape index (κ1) is 28.3. The van der Waals surface area contributed by atoms with E-state index in [1.54, 1.807) is 18.2 Å². The summed E-state index contributed by atoms with van der Waals surface area (Å²) >= 11 is 0. The van der Waals surface area contributed by atoms with Gasteiger partial charge in [-0.05, 0) is 57.2 Å². The highest BCUT2D eigenvalue weighted by atomic mass is 16.3. The molecule has 0 unspecified atom stereocenters. The molecule has 3 aromatic heterocycles. The van der Waals surface area contributed by atoms with E-state index in [9.17, 15) is 15.3 Å². The maximum Gasteiger partial charge on any atom is 0.138 e. The van der Waals surface area contributed by atoms with Crippen molar-refractivity contribution in [3.63, 3.8) is 0 Å². The Hall–Kier alpha value is -3.27. The minimum atomic E-state index is 0. The monoisotopic (exact) mass is 508 g/mol. The summed E-state index contributed by atoms with van der Waals surface area (Å²) in [6, 6.07) is 10.5. The first-order valence-electron chi connectivity index (χ1n) is 12.4. The lowest BCUT2D eigenvalue weighted by Crippen LogP contribution is -2.35. The molecule has 1 saturated heterocycles. The largest absolute Gasteiger partial charge is 0.506 e. The predicted molar refractivity (Wildman–Crippen MR) is 144 cm³/mol. The SMILES string of the molecule is C.Cc1ccc(O)c(CN2CCN(Cc3nc(C)ccc3O)CCN(Cc3nc(C)ccc3O)CC2)n1. The zero-order valence-corrected chi connectivity index (χ0v) is 21.4. The normalized spacial score (nSPS) is 16.0. The van der Waals surface area contributed by atoms with E-state index < -0.39 is 0 Å². The van der Waals surface area contributed by atoms with Gasteiger partial charge < -0.3 is 15.3 Å². The molecule has 0 aromatic carbocycles. The second-order valence-electron chi connectivity index (χ2n) is 9.58. The second kappa shape index (κ2) is 12.8. The minimum Gasteiger partial charge on any atom is -0.506 e. The highest BCUT2D eigenvalue weighted by Gasteiger charge is 2.21. The van der Waals surface area contributed by atoms with Crippen LogP contribution in [0, 0.1) is 20.8 Å². The van der Waals surface area contributed by atoms with Gasteiger partial charge >= 0.3 is 0 Å². The summed E-state index contributed by atoms with van der Waals surface area (Å²) in [6.07, 6.45) is 0. The lowest BCUT2D eigenvalue weighted by molar-refractivity contribution is 0.204. The molecule has 0 spiro atoms. The maximum absolute atomic E-state index is 10.4. The molecule has 0 aliphatic carbocycles. The smallest absolute Gasteiger partial charge is 0.138 e. The first-order chi connectivity index (χ1) is 17.3. The Kier molecular flexibility index (Phi) is 9.79. The maximum atomic E-state index is 10.4. The summed E-state index contributed by atoms with van der Waals surface area (Å²) < 4.78 is 0. The average Bonchev–Trinajstić information content (AvgIpc) is 2.93. The quantitative estimate of drug-likeness (QED) is 0.462. The molecule has 1 aliphatic heterocycles. The zero-order chi connectivity index (χ0) is 25.7. The van der Waals surface area contributed by atoms with E-state index in [1.807, 2.05) is 39.0 Å². The van der Waals surface area contributed by atoms with E-state index in [-0.39, 0.29) is 24.7 Å². The summed E-state index contributed by atoms with van der Waals surface area (Å²) in [5, 5.41) is 31.1. The highest BCUT2D eigenvalue weighted by Crippen LogP contribution is 2.21. The number of aryl methyl sites for hydroxylation is 3. The van der Waals surface area contributed by atoms with Crippen LogP contribution in [0.1, 0.15) is 41.6 Å². The second-order valence-corrected chi connectivity index (χ2v) is 9.58. The molecular formula is C28H40N6O3. The van der Waals surface area contributed by atoms with Crippen LogP contribution >= 0.6 is 0 Å². The minimum absolute atomic E-state index is 0.